The molecule has 0 unspecified atom stereocenters. The largest absolute Gasteiger partial charge is 0.506 e. The lowest BCUT2D eigenvalue weighted by molar-refractivity contribution is -0.142. The van der Waals surface area contributed by atoms with E-state index in [0.717, 1.165) is 5.56 Å². The van der Waals surface area contributed by atoms with E-state index in [4.69, 9.17) is 9.47 Å². The van der Waals surface area contributed by atoms with Crippen molar-refractivity contribution in [2.75, 3.05) is 7.11 Å². The van der Waals surface area contributed by atoms with E-state index in [1.54, 1.807) is 13.0 Å². The molecule has 2 atom stereocenters. The number of phenolic OH excluding ortho intramolecular Hbond substituents is 1. The van der Waals surface area contributed by atoms with Crippen molar-refractivity contribution in [2.45, 2.75) is 31.9 Å². The van der Waals surface area contributed by atoms with Crippen LogP contribution in [-0.2, 0) is 27.1 Å². The number of rotatable bonds is 5. The van der Waals surface area contributed by atoms with Crippen molar-refractivity contribution in [3.8, 4) is 5.75 Å². The monoisotopic (exact) mass is 383 g/mol. The van der Waals surface area contributed by atoms with Gasteiger partial charge in [0.15, 0.2) is 0 Å². The van der Waals surface area contributed by atoms with Gasteiger partial charge in [0.2, 0.25) is 0 Å². The smallest absolute Gasteiger partial charge is 0.342 e. The van der Waals surface area contributed by atoms with Gasteiger partial charge in [-0.25, -0.2) is 9.59 Å². The van der Waals surface area contributed by atoms with Gasteiger partial charge >= 0.3 is 11.9 Å². The Morgan fingerprint density at radius 1 is 1.25 bits per heavy atom. The molecule has 0 saturated carbocycles. The summed E-state index contributed by atoms with van der Waals surface area (Å²) in [4.78, 5) is 36.9. The predicted octanol–water partition coefficient (Wildman–Crippen LogP) is 2.01. The van der Waals surface area contributed by atoms with Crippen LogP contribution < -0.4 is 5.32 Å². The first-order chi connectivity index (χ1) is 13.4. The lowest BCUT2D eigenvalue weighted by Gasteiger charge is -2.23. The van der Waals surface area contributed by atoms with Gasteiger partial charge in [-0.15, -0.1) is 0 Å². The van der Waals surface area contributed by atoms with Crippen LogP contribution in [0.3, 0.4) is 0 Å². The molecule has 28 heavy (non-hydrogen) atoms. The number of amides is 1. The lowest BCUT2D eigenvalue weighted by Crippen LogP contribution is -2.43. The molecule has 1 aliphatic rings. The number of hydrogen-bond acceptors (Lipinski definition) is 6. The van der Waals surface area contributed by atoms with Crippen molar-refractivity contribution in [1.82, 2.24) is 5.32 Å². The Kier molecular flexibility index (Phi) is 5.63. The number of fused-ring (bicyclic) bond motifs is 1. The Bertz CT molecular complexity index is 909. The Labute approximate surface area is 162 Å². The first kappa shape index (κ1) is 19.4. The van der Waals surface area contributed by atoms with Crippen molar-refractivity contribution in [1.29, 1.82) is 0 Å². The van der Waals surface area contributed by atoms with Crippen LogP contribution in [0.25, 0.3) is 0 Å². The lowest BCUT2D eigenvalue weighted by atomic mass is 9.95. The molecule has 3 rings (SSSR count). The van der Waals surface area contributed by atoms with Gasteiger partial charge in [0.1, 0.15) is 23.5 Å². The fourth-order valence-corrected chi connectivity index (χ4v) is 3.23. The number of hydrogen-bond donors (Lipinski definition) is 2. The number of carbonyl (C=O) groups is 3. The molecule has 1 aliphatic heterocycles. The third-order valence-electron chi connectivity index (χ3n) is 4.60. The number of esters is 2. The summed E-state index contributed by atoms with van der Waals surface area (Å²) in [5, 5.41) is 13.1. The average Bonchev–Trinajstić information content (AvgIpc) is 2.67. The number of nitrogens with one attached hydrogen (secondary N) is 1. The van der Waals surface area contributed by atoms with Gasteiger partial charge < -0.3 is 19.9 Å². The van der Waals surface area contributed by atoms with Gasteiger partial charge in [0.25, 0.3) is 5.91 Å². The molecule has 2 aromatic rings. The highest BCUT2D eigenvalue weighted by molar-refractivity contribution is 6.04. The van der Waals surface area contributed by atoms with Crippen molar-refractivity contribution < 1.29 is 29.0 Å². The molecule has 0 fully saturated rings. The van der Waals surface area contributed by atoms with Crippen LogP contribution in [0.4, 0.5) is 0 Å². The third kappa shape index (κ3) is 3.98. The van der Waals surface area contributed by atoms with Crippen molar-refractivity contribution in [2.24, 2.45) is 0 Å². The second-order valence-electron chi connectivity index (χ2n) is 6.65. The van der Waals surface area contributed by atoms with E-state index >= 15 is 0 Å². The molecule has 2 N–H and O–H groups in total. The van der Waals surface area contributed by atoms with Crippen LogP contribution in [0.15, 0.2) is 42.5 Å². The Balaban J connectivity index is 1.85. The second-order valence-corrected chi connectivity index (χ2v) is 6.65. The highest BCUT2D eigenvalue weighted by Gasteiger charge is 2.31. The predicted molar refractivity (Wildman–Crippen MR) is 100 cm³/mol. The first-order valence-corrected chi connectivity index (χ1v) is 8.89. The van der Waals surface area contributed by atoms with E-state index in [0.29, 0.717) is 12.0 Å². The van der Waals surface area contributed by atoms with Crippen LogP contribution in [-0.4, -0.2) is 42.2 Å². The molecule has 1 heterocycles. The van der Waals surface area contributed by atoms with Gasteiger partial charge in [-0.3, -0.25) is 4.79 Å². The molecule has 7 nitrogen and oxygen atoms in total. The highest BCUT2D eigenvalue weighted by atomic mass is 16.5. The first-order valence-electron chi connectivity index (χ1n) is 8.89. The average molecular weight is 383 g/mol. The Morgan fingerprint density at radius 3 is 2.64 bits per heavy atom. The quantitative estimate of drug-likeness (QED) is 0.766. The zero-order valence-electron chi connectivity index (χ0n) is 15.6. The molecule has 1 amide bonds. The van der Waals surface area contributed by atoms with Crippen LogP contribution in [0.1, 0.15) is 38.8 Å². The van der Waals surface area contributed by atoms with E-state index < -0.39 is 29.6 Å². The Hall–Kier alpha value is -3.35. The van der Waals surface area contributed by atoms with Gasteiger partial charge in [0.05, 0.1) is 12.7 Å². The maximum absolute atomic E-state index is 12.7. The van der Waals surface area contributed by atoms with Crippen LogP contribution in [0, 0.1) is 0 Å². The second kappa shape index (κ2) is 8.12. The summed E-state index contributed by atoms with van der Waals surface area (Å²) in [6.07, 6.45) is 0.383. The molecule has 0 aromatic heterocycles. The molecule has 0 radical (unpaired) electrons. The normalized spacial score (nSPS) is 16.5. The minimum absolute atomic E-state index is 0.0107. The summed E-state index contributed by atoms with van der Waals surface area (Å²) in [5.74, 6) is -2.41. The van der Waals surface area contributed by atoms with E-state index in [1.807, 2.05) is 30.3 Å². The number of ether oxygens (including phenoxy) is 2. The summed E-state index contributed by atoms with van der Waals surface area (Å²) < 4.78 is 9.92. The molecule has 146 valence electrons. The topological polar surface area (TPSA) is 102 Å². The standard InChI is InChI=1S/C21H21NO6/c1-12-10-14-8-9-15(18(23)17(14)21(26)28-12)19(24)22-16(20(25)27-2)11-13-6-4-3-5-7-13/h3-9,12,16,23H,10-11H2,1-2H3,(H,22,24)/t12-,16-/m0/s1. The van der Waals surface area contributed by atoms with Gasteiger partial charge in [-0.2, -0.15) is 0 Å². The van der Waals surface area contributed by atoms with Crippen molar-refractivity contribution in [3.63, 3.8) is 0 Å². The summed E-state index contributed by atoms with van der Waals surface area (Å²) in [5.41, 5.74) is 1.34. The zero-order chi connectivity index (χ0) is 20.3. The van der Waals surface area contributed by atoms with E-state index in [2.05, 4.69) is 5.32 Å². The maximum Gasteiger partial charge on any atom is 0.342 e. The minimum Gasteiger partial charge on any atom is -0.506 e. The molecule has 7 heteroatoms. The number of cyclic esters (lactones) is 1. The number of benzene rings is 2. The van der Waals surface area contributed by atoms with Crippen molar-refractivity contribution in [3.05, 3.63) is 64.7 Å². The number of carbonyl (C=O) groups excluding carboxylic acids is 3. The molecular formula is C21H21NO6. The summed E-state index contributed by atoms with van der Waals surface area (Å²) in [6, 6.07) is 11.3. The van der Waals surface area contributed by atoms with Crippen molar-refractivity contribution >= 4 is 17.8 Å². The molecule has 0 spiro atoms. The van der Waals surface area contributed by atoms with E-state index in [-0.39, 0.29) is 23.7 Å². The fourth-order valence-electron chi connectivity index (χ4n) is 3.23. The number of aromatic hydroxyl groups is 1. The summed E-state index contributed by atoms with van der Waals surface area (Å²) in [7, 11) is 1.24. The molecule has 0 aliphatic carbocycles. The molecule has 0 saturated heterocycles. The van der Waals surface area contributed by atoms with E-state index in [9.17, 15) is 19.5 Å². The van der Waals surface area contributed by atoms with Crippen LogP contribution >= 0.6 is 0 Å². The van der Waals surface area contributed by atoms with Crippen LogP contribution in [0.2, 0.25) is 0 Å². The van der Waals surface area contributed by atoms with E-state index in [1.165, 1.54) is 13.2 Å². The van der Waals surface area contributed by atoms with Crippen LogP contribution in [0.5, 0.6) is 5.75 Å². The summed E-state index contributed by atoms with van der Waals surface area (Å²) >= 11 is 0. The van der Waals surface area contributed by atoms with Gasteiger partial charge in [-0.05, 0) is 24.1 Å². The minimum atomic E-state index is -0.942. The molecule has 2 aromatic carbocycles. The molecular weight excluding hydrogens is 362 g/mol. The number of methoxy groups -OCH3 is 1. The maximum atomic E-state index is 12.7. The summed E-state index contributed by atoms with van der Waals surface area (Å²) in [6.45, 7) is 1.75. The Morgan fingerprint density at radius 2 is 1.96 bits per heavy atom. The van der Waals surface area contributed by atoms with Gasteiger partial charge in [0, 0.05) is 12.8 Å². The SMILES string of the molecule is COC(=O)[C@H](Cc1ccccc1)NC(=O)c1ccc2c(c1O)C(=O)O[C@@H](C)C2. The molecule has 0 bridgehead atoms. The zero-order valence-corrected chi connectivity index (χ0v) is 15.6. The third-order valence-corrected chi connectivity index (χ3v) is 4.60. The highest BCUT2D eigenvalue weighted by Crippen LogP contribution is 2.31. The number of phenols is 1. The van der Waals surface area contributed by atoms with Gasteiger partial charge in [-0.1, -0.05) is 36.4 Å². The fraction of sp³-hybridized carbons (Fsp3) is 0.286.